The fourth-order valence-electron chi connectivity index (χ4n) is 1.84. The van der Waals surface area contributed by atoms with Gasteiger partial charge in [0, 0.05) is 32.7 Å². The van der Waals surface area contributed by atoms with Gasteiger partial charge in [-0.05, 0) is 19.1 Å². The summed E-state index contributed by atoms with van der Waals surface area (Å²) in [5, 5.41) is 9.48. The molecule has 0 radical (unpaired) electrons. The van der Waals surface area contributed by atoms with Crippen molar-refractivity contribution in [2.45, 2.75) is 13.0 Å². The molecule has 5 heteroatoms. The minimum Gasteiger partial charge on any atom is -0.508 e. The van der Waals surface area contributed by atoms with Crippen molar-refractivity contribution in [1.82, 2.24) is 9.55 Å². The average molecular weight is 234 g/mol. The molecular formula is C12H18N4O. The van der Waals surface area contributed by atoms with E-state index in [-0.39, 0.29) is 11.8 Å². The van der Waals surface area contributed by atoms with Gasteiger partial charge in [0.05, 0.1) is 11.0 Å². The molecule has 0 saturated heterocycles. The predicted molar refractivity (Wildman–Crippen MR) is 69.3 cm³/mol. The number of nitrogens with two attached hydrogens (primary N) is 1. The van der Waals surface area contributed by atoms with E-state index in [9.17, 15) is 5.11 Å². The highest BCUT2D eigenvalue weighted by atomic mass is 16.3. The SMILES string of the molecule is CC(CN)N(C)c1nc2ccc(O)cc2n1C. The van der Waals surface area contributed by atoms with Crippen LogP contribution in [0.2, 0.25) is 0 Å². The first-order valence-electron chi connectivity index (χ1n) is 5.63. The fraction of sp³-hybridized carbons (Fsp3) is 0.417. The van der Waals surface area contributed by atoms with E-state index in [1.807, 2.05) is 29.6 Å². The molecule has 2 rings (SSSR count). The highest BCUT2D eigenvalue weighted by Gasteiger charge is 2.15. The number of phenolic OH excluding ortho intramolecular Hbond substituents is 1. The van der Waals surface area contributed by atoms with Crippen molar-refractivity contribution in [3.63, 3.8) is 0 Å². The van der Waals surface area contributed by atoms with Crippen LogP contribution in [-0.4, -0.2) is 34.3 Å². The zero-order valence-electron chi connectivity index (χ0n) is 10.4. The van der Waals surface area contributed by atoms with Gasteiger partial charge in [-0.2, -0.15) is 0 Å². The van der Waals surface area contributed by atoms with Gasteiger partial charge in [-0.3, -0.25) is 0 Å². The standard InChI is InChI=1S/C12H18N4O/c1-8(7-13)15(2)12-14-10-5-4-9(17)6-11(10)16(12)3/h4-6,8,17H,7,13H2,1-3H3. The topological polar surface area (TPSA) is 67.3 Å². The summed E-state index contributed by atoms with van der Waals surface area (Å²) >= 11 is 0. The van der Waals surface area contributed by atoms with E-state index in [0.29, 0.717) is 6.54 Å². The van der Waals surface area contributed by atoms with Crippen LogP contribution in [0.4, 0.5) is 5.95 Å². The van der Waals surface area contributed by atoms with Gasteiger partial charge in [0.15, 0.2) is 0 Å². The van der Waals surface area contributed by atoms with Crippen molar-refractivity contribution < 1.29 is 5.11 Å². The van der Waals surface area contributed by atoms with Gasteiger partial charge in [-0.1, -0.05) is 0 Å². The summed E-state index contributed by atoms with van der Waals surface area (Å²) in [4.78, 5) is 6.58. The Morgan fingerprint density at radius 2 is 2.24 bits per heavy atom. The number of nitrogens with zero attached hydrogens (tertiary/aromatic N) is 3. The molecule has 92 valence electrons. The number of fused-ring (bicyclic) bond motifs is 1. The Kier molecular flexibility index (Phi) is 2.93. The second-order valence-corrected chi connectivity index (χ2v) is 4.34. The van der Waals surface area contributed by atoms with Gasteiger partial charge in [0.25, 0.3) is 0 Å². The number of benzene rings is 1. The molecule has 0 saturated carbocycles. The number of aryl methyl sites for hydroxylation is 1. The fourth-order valence-corrected chi connectivity index (χ4v) is 1.84. The van der Waals surface area contributed by atoms with Gasteiger partial charge < -0.3 is 20.3 Å². The molecule has 0 amide bonds. The molecule has 2 aromatic rings. The molecule has 0 spiro atoms. The third-order valence-corrected chi connectivity index (χ3v) is 3.16. The molecule has 17 heavy (non-hydrogen) atoms. The second kappa shape index (κ2) is 4.25. The first kappa shape index (κ1) is 11.7. The smallest absolute Gasteiger partial charge is 0.206 e. The lowest BCUT2D eigenvalue weighted by molar-refractivity contribution is 0.476. The van der Waals surface area contributed by atoms with Crippen molar-refractivity contribution in [2.24, 2.45) is 12.8 Å². The maximum absolute atomic E-state index is 9.48. The third-order valence-electron chi connectivity index (χ3n) is 3.16. The number of imidazole rings is 1. The molecular weight excluding hydrogens is 216 g/mol. The molecule has 1 aromatic carbocycles. The number of rotatable bonds is 3. The number of phenols is 1. The maximum atomic E-state index is 9.48. The summed E-state index contributed by atoms with van der Waals surface area (Å²) in [6.07, 6.45) is 0. The molecule has 0 aliphatic carbocycles. The Labute approximate surface area is 100 Å². The average Bonchev–Trinajstić information content (AvgIpc) is 2.65. The van der Waals surface area contributed by atoms with Gasteiger partial charge in [0.1, 0.15) is 5.75 Å². The maximum Gasteiger partial charge on any atom is 0.206 e. The van der Waals surface area contributed by atoms with Gasteiger partial charge in [-0.15, -0.1) is 0 Å². The molecule has 5 nitrogen and oxygen atoms in total. The van der Waals surface area contributed by atoms with Crippen LogP contribution in [0.15, 0.2) is 18.2 Å². The van der Waals surface area contributed by atoms with E-state index < -0.39 is 0 Å². The number of hydrogen-bond donors (Lipinski definition) is 2. The molecule has 1 atom stereocenters. The summed E-state index contributed by atoms with van der Waals surface area (Å²) < 4.78 is 1.96. The molecule has 1 heterocycles. The van der Waals surface area contributed by atoms with Gasteiger partial charge in [-0.25, -0.2) is 4.98 Å². The van der Waals surface area contributed by atoms with Crippen LogP contribution in [0.3, 0.4) is 0 Å². The Bertz CT molecular complexity index is 535. The monoisotopic (exact) mass is 234 g/mol. The summed E-state index contributed by atoms with van der Waals surface area (Å²) in [5.74, 6) is 1.10. The lowest BCUT2D eigenvalue weighted by Gasteiger charge is -2.24. The second-order valence-electron chi connectivity index (χ2n) is 4.34. The summed E-state index contributed by atoms with van der Waals surface area (Å²) in [6.45, 7) is 2.63. The van der Waals surface area contributed by atoms with Crippen molar-refractivity contribution in [1.29, 1.82) is 0 Å². The minimum absolute atomic E-state index is 0.221. The van der Waals surface area contributed by atoms with E-state index >= 15 is 0 Å². The molecule has 1 aromatic heterocycles. The van der Waals surface area contributed by atoms with Gasteiger partial charge in [0.2, 0.25) is 5.95 Å². The first-order valence-corrected chi connectivity index (χ1v) is 5.63. The van der Waals surface area contributed by atoms with Gasteiger partial charge >= 0.3 is 0 Å². The van der Waals surface area contributed by atoms with Crippen molar-refractivity contribution >= 4 is 17.0 Å². The lowest BCUT2D eigenvalue weighted by Crippen LogP contribution is -2.36. The first-order chi connectivity index (χ1) is 8.04. The van der Waals surface area contributed by atoms with E-state index in [1.54, 1.807) is 12.1 Å². The Morgan fingerprint density at radius 3 is 2.88 bits per heavy atom. The highest BCUT2D eigenvalue weighted by Crippen LogP contribution is 2.24. The molecule has 1 unspecified atom stereocenters. The Morgan fingerprint density at radius 1 is 1.53 bits per heavy atom. The van der Waals surface area contributed by atoms with Crippen molar-refractivity contribution in [2.75, 3.05) is 18.5 Å². The van der Waals surface area contributed by atoms with Crippen LogP contribution in [-0.2, 0) is 7.05 Å². The Hall–Kier alpha value is -1.75. The van der Waals surface area contributed by atoms with Crippen LogP contribution >= 0.6 is 0 Å². The summed E-state index contributed by atoms with van der Waals surface area (Å²) in [5.41, 5.74) is 7.44. The van der Waals surface area contributed by atoms with Crippen molar-refractivity contribution in [3.8, 4) is 5.75 Å². The minimum atomic E-state index is 0.221. The van der Waals surface area contributed by atoms with Crippen LogP contribution in [0.1, 0.15) is 6.92 Å². The number of aromatic nitrogens is 2. The van der Waals surface area contributed by atoms with E-state index in [4.69, 9.17) is 5.73 Å². The zero-order valence-corrected chi connectivity index (χ0v) is 10.4. The number of anilines is 1. The molecule has 3 N–H and O–H groups in total. The number of likely N-dealkylation sites (N-methyl/N-ethyl adjacent to an activating group) is 1. The number of aromatic hydroxyl groups is 1. The lowest BCUT2D eigenvalue weighted by atomic mass is 10.3. The van der Waals surface area contributed by atoms with E-state index in [0.717, 1.165) is 17.0 Å². The van der Waals surface area contributed by atoms with E-state index in [1.165, 1.54) is 0 Å². The van der Waals surface area contributed by atoms with Crippen molar-refractivity contribution in [3.05, 3.63) is 18.2 Å². The third kappa shape index (κ3) is 1.93. The highest BCUT2D eigenvalue weighted by molar-refractivity contribution is 5.80. The molecule has 0 fully saturated rings. The van der Waals surface area contributed by atoms with Crippen LogP contribution < -0.4 is 10.6 Å². The zero-order chi connectivity index (χ0) is 12.6. The van der Waals surface area contributed by atoms with Crippen LogP contribution in [0, 0.1) is 0 Å². The van der Waals surface area contributed by atoms with Crippen LogP contribution in [0.5, 0.6) is 5.75 Å². The largest absolute Gasteiger partial charge is 0.508 e. The summed E-state index contributed by atoms with van der Waals surface area (Å²) in [7, 11) is 3.91. The van der Waals surface area contributed by atoms with E-state index in [2.05, 4.69) is 11.9 Å². The summed E-state index contributed by atoms with van der Waals surface area (Å²) in [6, 6.07) is 5.40. The number of hydrogen-bond acceptors (Lipinski definition) is 4. The molecule has 0 aliphatic heterocycles. The van der Waals surface area contributed by atoms with Crippen LogP contribution in [0.25, 0.3) is 11.0 Å². The predicted octanol–water partition coefficient (Wildman–Crippen LogP) is 1.06. The Balaban J connectivity index is 2.52. The quantitative estimate of drug-likeness (QED) is 0.833. The molecule has 0 aliphatic rings. The molecule has 0 bridgehead atoms. The normalized spacial score (nSPS) is 12.9.